The van der Waals surface area contributed by atoms with Gasteiger partial charge in [0.25, 0.3) is 0 Å². The molecule has 106 valence electrons. The highest BCUT2D eigenvalue weighted by molar-refractivity contribution is 5.21. The Balaban J connectivity index is 2.14. The maximum Gasteiger partial charge on any atom is 0.0852 e. The van der Waals surface area contributed by atoms with Crippen molar-refractivity contribution in [1.29, 1.82) is 0 Å². The summed E-state index contributed by atoms with van der Waals surface area (Å²) in [6, 6.07) is 20.6. The second-order valence-electron chi connectivity index (χ2n) is 4.73. The molecule has 0 aliphatic rings. The molecule has 0 saturated carbocycles. The zero-order valence-corrected chi connectivity index (χ0v) is 12.2. The normalized spacial score (nSPS) is 13.9. The largest absolute Gasteiger partial charge is 0.377 e. The first-order valence-electron chi connectivity index (χ1n) is 7.09. The maximum absolute atomic E-state index is 5.90. The Bertz CT molecular complexity index is 481. The van der Waals surface area contributed by atoms with E-state index in [0.717, 1.165) is 6.42 Å². The molecule has 20 heavy (non-hydrogen) atoms. The smallest absolute Gasteiger partial charge is 0.0852 e. The molecule has 2 nitrogen and oxygen atoms in total. The Morgan fingerprint density at radius 2 is 1.30 bits per heavy atom. The van der Waals surface area contributed by atoms with E-state index in [1.807, 2.05) is 43.3 Å². The minimum absolute atomic E-state index is 0.0490. The average molecular weight is 270 g/mol. The molecule has 0 spiro atoms. The van der Waals surface area contributed by atoms with Crippen molar-refractivity contribution in [2.45, 2.75) is 25.6 Å². The first-order valence-corrected chi connectivity index (χ1v) is 7.09. The molecule has 0 aromatic heterocycles. The number of rotatable bonds is 7. The van der Waals surface area contributed by atoms with Crippen molar-refractivity contribution in [2.75, 3.05) is 13.7 Å². The quantitative estimate of drug-likeness (QED) is 0.735. The highest BCUT2D eigenvalue weighted by Crippen LogP contribution is 2.31. The topological polar surface area (TPSA) is 18.5 Å². The van der Waals surface area contributed by atoms with Crippen LogP contribution in [0.1, 0.15) is 36.7 Å². The summed E-state index contributed by atoms with van der Waals surface area (Å²) in [5.74, 6) is 0. The lowest BCUT2D eigenvalue weighted by Crippen LogP contribution is -2.11. The first kappa shape index (κ1) is 14.8. The van der Waals surface area contributed by atoms with Crippen LogP contribution in [-0.4, -0.2) is 13.7 Å². The third-order valence-electron chi connectivity index (χ3n) is 3.42. The van der Waals surface area contributed by atoms with Crippen LogP contribution in [0.4, 0.5) is 0 Å². The van der Waals surface area contributed by atoms with E-state index in [9.17, 15) is 0 Å². The van der Waals surface area contributed by atoms with Gasteiger partial charge in [-0.15, -0.1) is 0 Å². The summed E-state index contributed by atoms with van der Waals surface area (Å²) < 4.78 is 11.6. The fourth-order valence-electron chi connectivity index (χ4n) is 2.40. The van der Waals surface area contributed by atoms with E-state index in [4.69, 9.17) is 9.47 Å². The molecule has 0 fully saturated rings. The van der Waals surface area contributed by atoms with Crippen molar-refractivity contribution in [3.8, 4) is 0 Å². The highest BCUT2D eigenvalue weighted by atomic mass is 16.5. The van der Waals surface area contributed by atoms with Crippen LogP contribution in [0.15, 0.2) is 60.7 Å². The average Bonchev–Trinajstić information content (AvgIpc) is 2.53. The van der Waals surface area contributed by atoms with Crippen LogP contribution in [-0.2, 0) is 9.47 Å². The molecule has 0 saturated heterocycles. The summed E-state index contributed by atoms with van der Waals surface area (Å²) in [7, 11) is 1.76. The minimum Gasteiger partial charge on any atom is -0.377 e. The summed E-state index contributed by atoms with van der Waals surface area (Å²) >= 11 is 0. The minimum atomic E-state index is 0.0490. The van der Waals surface area contributed by atoms with E-state index in [-0.39, 0.29) is 12.2 Å². The molecule has 2 atom stereocenters. The van der Waals surface area contributed by atoms with Crippen molar-refractivity contribution < 1.29 is 9.47 Å². The zero-order chi connectivity index (χ0) is 14.2. The van der Waals surface area contributed by atoms with Gasteiger partial charge in [0, 0.05) is 20.1 Å². The van der Waals surface area contributed by atoms with Gasteiger partial charge >= 0.3 is 0 Å². The van der Waals surface area contributed by atoms with Crippen LogP contribution < -0.4 is 0 Å². The lowest BCUT2D eigenvalue weighted by Gasteiger charge is -2.23. The fourth-order valence-corrected chi connectivity index (χ4v) is 2.40. The fraction of sp³-hybridized carbons (Fsp3) is 0.333. The molecular formula is C18H22O2. The second-order valence-corrected chi connectivity index (χ2v) is 4.73. The van der Waals surface area contributed by atoms with Crippen LogP contribution in [0.3, 0.4) is 0 Å². The summed E-state index contributed by atoms with van der Waals surface area (Å²) in [6.07, 6.45) is 0.928. The summed E-state index contributed by atoms with van der Waals surface area (Å²) in [5, 5.41) is 0. The number of ether oxygens (including phenoxy) is 2. The molecule has 2 aromatic carbocycles. The van der Waals surface area contributed by atoms with Gasteiger partial charge in [0.15, 0.2) is 0 Å². The van der Waals surface area contributed by atoms with Gasteiger partial charge in [0.1, 0.15) is 0 Å². The molecule has 0 amide bonds. The van der Waals surface area contributed by atoms with E-state index in [1.165, 1.54) is 11.1 Å². The summed E-state index contributed by atoms with van der Waals surface area (Å²) in [5.41, 5.74) is 2.39. The Morgan fingerprint density at radius 3 is 1.75 bits per heavy atom. The van der Waals surface area contributed by atoms with E-state index in [2.05, 4.69) is 24.3 Å². The van der Waals surface area contributed by atoms with E-state index in [1.54, 1.807) is 7.11 Å². The molecule has 0 radical (unpaired) electrons. The predicted molar refractivity (Wildman–Crippen MR) is 81.6 cm³/mol. The molecule has 0 aliphatic heterocycles. The number of benzene rings is 2. The summed E-state index contributed by atoms with van der Waals surface area (Å²) in [4.78, 5) is 0. The molecular weight excluding hydrogens is 248 g/mol. The van der Waals surface area contributed by atoms with Crippen LogP contribution in [0.25, 0.3) is 0 Å². The SMILES string of the molecule is CCO[C@@H](C[C@@H](OC)c1ccccc1)c1ccccc1. The molecule has 0 unspecified atom stereocenters. The van der Waals surface area contributed by atoms with Crippen LogP contribution >= 0.6 is 0 Å². The first-order chi connectivity index (χ1) is 9.85. The molecule has 2 heteroatoms. The highest BCUT2D eigenvalue weighted by Gasteiger charge is 2.19. The van der Waals surface area contributed by atoms with Crippen LogP contribution in [0.2, 0.25) is 0 Å². The molecule has 0 heterocycles. The third-order valence-corrected chi connectivity index (χ3v) is 3.42. The van der Waals surface area contributed by atoms with Gasteiger partial charge in [0.05, 0.1) is 12.2 Å². The van der Waals surface area contributed by atoms with Gasteiger partial charge in [0.2, 0.25) is 0 Å². The van der Waals surface area contributed by atoms with Gasteiger partial charge in [-0.2, -0.15) is 0 Å². The predicted octanol–water partition coefficient (Wildman–Crippen LogP) is 4.54. The third kappa shape index (κ3) is 3.92. The van der Waals surface area contributed by atoms with Crippen LogP contribution in [0.5, 0.6) is 0 Å². The van der Waals surface area contributed by atoms with E-state index >= 15 is 0 Å². The number of hydrogen-bond acceptors (Lipinski definition) is 2. The van der Waals surface area contributed by atoms with Gasteiger partial charge in [-0.3, -0.25) is 0 Å². The van der Waals surface area contributed by atoms with Gasteiger partial charge in [-0.1, -0.05) is 60.7 Å². The van der Waals surface area contributed by atoms with Crippen molar-refractivity contribution in [2.24, 2.45) is 0 Å². The molecule has 0 aliphatic carbocycles. The van der Waals surface area contributed by atoms with Crippen molar-refractivity contribution in [3.05, 3.63) is 71.8 Å². The molecule has 0 bridgehead atoms. The molecule has 2 aromatic rings. The zero-order valence-electron chi connectivity index (χ0n) is 12.2. The molecule has 2 rings (SSSR count). The van der Waals surface area contributed by atoms with Crippen molar-refractivity contribution in [1.82, 2.24) is 0 Å². The lowest BCUT2D eigenvalue weighted by molar-refractivity contribution is 0.00178. The van der Waals surface area contributed by atoms with Crippen molar-refractivity contribution >= 4 is 0 Å². The van der Waals surface area contributed by atoms with Crippen molar-refractivity contribution in [3.63, 3.8) is 0 Å². The Morgan fingerprint density at radius 1 is 0.800 bits per heavy atom. The van der Waals surface area contributed by atoms with Crippen LogP contribution in [0, 0.1) is 0 Å². The Kier molecular flexibility index (Phi) is 5.78. The summed E-state index contributed by atoms with van der Waals surface area (Å²) in [6.45, 7) is 2.73. The van der Waals surface area contributed by atoms with E-state index < -0.39 is 0 Å². The van der Waals surface area contributed by atoms with E-state index in [0.29, 0.717) is 6.61 Å². The second kappa shape index (κ2) is 7.83. The monoisotopic (exact) mass is 270 g/mol. The van der Waals surface area contributed by atoms with Gasteiger partial charge in [-0.05, 0) is 18.1 Å². The standard InChI is InChI=1S/C18H22O2/c1-3-20-18(16-12-8-5-9-13-16)14-17(19-2)15-10-6-4-7-11-15/h4-13,17-18H,3,14H2,1-2H3/t17-,18+/m1/s1. The van der Waals surface area contributed by atoms with Gasteiger partial charge < -0.3 is 9.47 Å². The van der Waals surface area contributed by atoms with Gasteiger partial charge in [-0.25, -0.2) is 0 Å². The maximum atomic E-state index is 5.90. The molecule has 0 N–H and O–H groups in total. The Hall–Kier alpha value is -1.64. The number of methoxy groups -OCH3 is 1. The number of hydrogen-bond donors (Lipinski definition) is 0. The lowest BCUT2D eigenvalue weighted by atomic mass is 9.98. The Labute approximate surface area is 121 Å².